The molecule has 0 radical (unpaired) electrons. The minimum Gasteiger partial charge on any atom is -0.493 e. The van der Waals surface area contributed by atoms with Gasteiger partial charge in [0, 0.05) is 30.0 Å². The summed E-state index contributed by atoms with van der Waals surface area (Å²) in [6.45, 7) is 0.922. The van der Waals surface area contributed by atoms with Crippen molar-refractivity contribution in [2.75, 3.05) is 49.1 Å². The monoisotopic (exact) mass is 523 g/mol. The van der Waals surface area contributed by atoms with Crippen LogP contribution in [-0.2, 0) is 9.59 Å². The number of hydrogen-bond donors (Lipinski definition) is 2. The lowest BCUT2D eigenvalue weighted by Gasteiger charge is -2.27. The number of benzene rings is 2. The lowest BCUT2D eigenvalue weighted by molar-refractivity contribution is -0.858. The van der Waals surface area contributed by atoms with E-state index in [9.17, 15) is 9.59 Å². The molecule has 8 heteroatoms. The molecule has 1 aliphatic carbocycles. The number of carbonyl (C=O) groups excluding carboxylic acids is 2. The van der Waals surface area contributed by atoms with Crippen LogP contribution in [0.4, 0.5) is 0 Å². The Morgan fingerprint density at radius 2 is 1.32 bits per heavy atom. The zero-order valence-electron chi connectivity index (χ0n) is 23.2. The number of hydrogen-bond acceptors (Lipinski definition) is 6. The van der Waals surface area contributed by atoms with E-state index in [1.165, 1.54) is 4.90 Å². The molecule has 204 valence electrons. The second-order valence-corrected chi connectivity index (χ2v) is 9.63. The Hall–Kier alpha value is -3.78. The largest absolute Gasteiger partial charge is 0.493 e. The molecular weight excluding hydrogens is 484 g/mol. The van der Waals surface area contributed by atoms with Gasteiger partial charge in [-0.1, -0.05) is 12.1 Å². The molecule has 0 saturated heterocycles. The van der Waals surface area contributed by atoms with Gasteiger partial charge in [0.2, 0.25) is 5.91 Å². The third-order valence-corrected chi connectivity index (χ3v) is 6.46. The first kappa shape index (κ1) is 28.8. The Morgan fingerprint density at radius 3 is 1.74 bits per heavy atom. The van der Waals surface area contributed by atoms with Gasteiger partial charge in [0.05, 0.1) is 49.1 Å². The number of ketones is 1. The summed E-state index contributed by atoms with van der Waals surface area (Å²) < 4.78 is 21.5. The summed E-state index contributed by atoms with van der Waals surface area (Å²) in [7, 11) is 10.5. The summed E-state index contributed by atoms with van der Waals surface area (Å²) in [6, 6.07) is 10.9. The van der Waals surface area contributed by atoms with E-state index < -0.39 is 0 Å². The highest BCUT2D eigenvalue weighted by Crippen LogP contribution is 2.33. The van der Waals surface area contributed by atoms with Crippen LogP contribution in [0, 0.1) is 0 Å². The molecular formula is C30H39N2O6+. The number of ether oxygens (including phenoxy) is 4. The van der Waals surface area contributed by atoms with Crippen LogP contribution in [0.5, 0.6) is 23.0 Å². The number of carbonyl (C=O) groups is 2. The van der Waals surface area contributed by atoms with Gasteiger partial charge in [-0.3, -0.25) is 9.59 Å². The summed E-state index contributed by atoms with van der Waals surface area (Å²) in [4.78, 5) is 27.6. The molecule has 0 heterocycles. The van der Waals surface area contributed by atoms with E-state index in [-0.39, 0.29) is 17.7 Å². The van der Waals surface area contributed by atoms with Crippen molar-refractivity contribution in [2.24, 2.45) is 0 Å². The molecule has 0 aliphatic heterocycles. The predicted octanol–water partition coefficient (Wildman–Crippen LogP) is 2.96. The first-order valence-electron chi connectivity index (χ1n) is 12.8. The van der Waals surface area contributed by atoms with Crippen LogP contribution >= 0.6 is 0 Å². The first-order chi connectivity index (χ1) is 18.3. The Morgan fingerprint density at radius 1 is 0.842 bits per heavy atom. The van der Waals surface area contributed by atoms with Gasteiger partial charge in [0.1, 0.15) is 0 Å². The zero-order chi connectivity index (χ0) is 27.7. The number of methoxy groups -OCH3 is 4. The molecule has 0 aromatic heterocycles. The topological polar surface area (TPSA) is 87.5 Å². The SMILES string of the molecule is COc1ccc(/C=C2\CC(NC(=O)CCC[NH+](C)C)C/C(=C\c3ccc(OC)c(OC)c3)C2=O)cc1OC. The van der Waals surface area contributed by atoms with Crippen molar-refractivity contribution in [2.45, 2.75) is 31.7 Å². The van der Waals surface area contributed by atoms with E-state index in [4.69, 9.17) is 18.9 Å². The fraction of sp³-hybridized carbons (Fsp3) is 0.400. The summed E-state index contributed by atoms with van der Waals surface area (Å²) in [6.07, 6.45) is 5.88. The van der Waals surface area contributed by atoms with Crippen LogP contribution in [0.2, 0.25) is 0 Å². The number of amides is 1. The second-order valence-electron chi connectivity index (χ2n) is 9.63. The van der Waals surface area contributed by atoms with Crippen molar-refractivity contribution in [3.63, 3.8) is 0 Å². The summed E-state index contributed by atoms with van der Waals surface area (Å²) >= 11 is 0. The van der Waals surface area contributed by atoms with E-state index in [0.717, 1.165) is 24.1 Å². The second kappa shape index (κ2) is 13.7. The maximum Gasteiger partial charge on any atom is 0.220 e. The van der Waals surface area contributed by atoms with Crippen molar-refractivity contribution in [1.29, 1.82) is 0 Å². The van der Waals surface area contributed by atoms with E-state index in [1.54, 1.807) is 28.4 Å². The number of rotatable bonds is 11. The highest BCUT2D eigenvalue weighted by Gasteiger charge is 2.29. The first-order valence-corrected chi connectivity index (χ1v) is 12.8. The molecule has 1 aliphatic rings. The normalized spacial score (nSPS) is 17.6. The highest BCUT2D eigenvalue weighted by atomic mass is 16.5. The minimum absolute atomic E-state index is 0.00142. The van der Waals surface area contributed by atoms with Crippen molar-refractivity contribution in [3.05, 3.63) is 58.7 Å². The number of Topliss-reactive ketones (excluding diaryl/α,β-unsaturated/α-hetero) is 1. The maximum atomic E-state index is 13.6. The Labute approximate surface area is 225 Å². The Balaban J connectivity index is 1.93. The molecule has 0 spiro atoms. The molecule has 1 fully saturated rings. The van der Waals surface area contributed by atoms with Crippen LogP contribution in [-0.4, -0.2) is 66.8 Å². The average Bonchev–Trinajstić information content (AvgIpc) is 2.90. The quantitative estimate of drug-likeness (QED) is 0.441. The van der Waals surface area contributed by atoms with Gasteiger partial charge in [0.25, 0.3) is 0 Å². The molecule has 0 atom stereocenters. The van der Waals surface area contributed by atoms with Gasteiger partial charge in [0.15, 0.2) is 28.8 Å². The molecule has 2 N–H and O–H groups in total. The average molecular weight is 524 g/mol. The fourth-order valence-corrected chi connectivity index (χ4v) is 4.54. The van der Waals surface area contributed by atoms with Crippen LogP contribution in [0.25, 0.3) is 12.2 Å². The standard InChI is InChI=1S/C30H38N2O6/c1-32(2)13-7-8-29(33)31-24-18-22(14-20-9-11-25(35-3)27(16-20)37-5)30(34)23(19-24)15-21-10-12-26(36-4)28(17-21)38-6/h9-12,14-17,24H,7-8,13,18-19H2,1-6H3,(H,31,33)/p+1/b22-14+,23-15+. The van der Waals surface area contributed by atoms with Crippen molar-refractivity contribution >= 4 is 23.8 Å². The molecule has 0 bridgehead atoms. The summed E-state index contributed by atoms with van der Waals surface area (Å²) in [5.41, 5.74) is 2.88. The zero-order valence-corrected chi connectivity index (χ0v) is 23.2. The third-order valence-electron chi connectivity index (χ3n) is 6.46. The van der Waals surface area contributed by atoms with Crippen molar-refractivity contribution < 1.29 is 33.4 Å². The van der Waals surface area contributed by atoms with E-state index in [2.05, 4.69) is 19.4 Å². The van der Waals surface area contributed by atoms with Crippen LogP contribution < -0.4 is 29.2 Å². The van der Waals surface area contributed by atoms with Crippen molar-refractivity contribution in [3.8, 4) is 23.0 Å². The van der Waals surface area contributed by atoms with Gasteiger partial charge in [-0.15, -0.1) is 0 Å². The third kappa shape index (κ3) is 7.61. The minimum atomic E-state index is -0.190. The molecule has 2 aromatic carbocycles. The van der Waals surface area contributed by atoms with Gasteiger partial charge >= 0.3 is 0 Å². The van der Waals surface area contributed by atoms with Crippen LogP contribution in [0.1, 0.15) is 36.8 Å². The molecule has 3 rings (SSSR count). The molecule has 8 nitrogen and oxygen atoms in total. The highest BCUT2D eigenvalue weighted by molar-refractivity contribution is 6.14. The molecule has 1 saturated carbocycles. The lowest BCUT2D eigenvalue weighted by atomic mass is 9.83. The molecule has 38 heavy (non-hydrogen) atoms. The molecule has 2 aromatic rings. The van der Waals surface area contributed by atoms with Gasteiger partial charge in [-0.2, -0.15) is 0 Å². The predicted molar refractivity (Wildman–Crippen MR) is 148 cm³/mol. The van der Waals surface area contributed by atoms with Gasteiger partial charge in [-0.05, 0) is 60.4 Å². The van der Waals surface area contributed by atoms with E-state index in [0.29, 0.717) is 53.4 Å². The van der Waals surface area contributed by atoms with Gasteiger partial charge < -0.3 is 29.2 Å². The van der Waals surface area contributed by atoms with E-state index >= 15 is 0 Å². The molecule has 0 unspecified atom stereocenters. The Bertz CT molecular complexity index is 1120. The summed E-state index contributed by atoms with van der Waals surface area (Å²) in [5.74, 6) is 2.35. The molecule has 1 amide bonds. The van der Waals surface area contributed by atoms with Gasteiger partial charge in [-0.25, -0.2) is 0 Å². The van der Waals surface area contributed by atoms with Crippen LogP contribution in [0.15, 0.2) is 47.5 Å². The maximum absolute atomic E-state index is 13.6. The number of quaternary nitrogens is 1. The smallest absolute Gasteiger partial charge is 0.220 e. The van der Waals surface area contributed by atoms with E-state index in [1.807, 2.05) is 48.6 Å². The van der Waals surface area contributed by atoms with Crippen LogP contribution in [0.3, 0.4) is 0 Å². The fourth-order valence-electron chi connectivity index (χ4n) is 4.54. The van der Waals surface area contributed by atoms with Crippen molar-refractivity contribution in [1.82, 2.24) is 5.32 Å². The summed E-state index contributed by atoms with van der Waals surface area (Å²) in [5, 5.41) is 3.15. The lowest BCUT2D eigenvalue weighted by Crippen LogP contribution is -3.05. The Kier molecular flexibility index (Phi) is 10.4. The number of nitrogens with one attached hydrogen (secondary N) is 2.